The molecular weight excluding hydrogens is 168 g/mol. The first-order chi connectivity index (χ1) is 6.67. The van der Waals surface area contributed by atoms with Crippen LogP contribution >= 0.6 is 0 Å². The summed E-state index contributed by atoms with van der Waals surface area (Å²) in [4.78, 5) is 0. The van der Waals surface area contributed by atoms with Gasteiger partial charge in [0, 0.05) is 0 Å². The Balaban J connectivity index is 4.11. The highest BCUT2D eigenvalue weighted by Gasteiger charge is 2.21. The van der Waals surface area contributed by atoms with Crippen LogP contribution in [0.2, 0.25) is 0 Å². The lowest BCUT2D eigenvalue weighted by Gasteiger charge is -2.29. The van der Waals surface area contributed by atoms with Crippen LogP contribution in [-0.4, -0.2) is 0 Å². The summed E-state index contributed by atoms with van der Waals surface area (Å²) >= 11 is 0. The minimum atomic E-state index is 0.872. The molecule has 0 radical (unpaired) electrons. The lowest BCUT2D eigenvalue weighted by Crippen LogP contribution is -2.19. The standard InChI is InChI=1S/C14H30/c1-6-9-11-13(8-3)14(10-7-2)12(4)5/h12-14H,6-11H2,1-5H3. The Labute approximate surface area is 91.5 Å². The summed E-state index contributed by atoms with van der Waals surface area (Å²) in [6.45, 7) is 11.8. The maximum absolute atomic E-state index is 2.40. The van der Waals surface area contributed by atoms with Gasteiger partial charge >= 0.3 is 0 Å². The van der Waals surface area contributed by atoms with E-state index < -0.39 is 0 Å². The maximum Gasteiger partial charge on any atom is -0.0363 e. The third-order valence-corrected chi connectivity index (χ3v) is 3.54. The highest BCUT2D eigenvalue weighted by atomic mass is 14.3. The predicted octanol–water partition coefficient (Wildman–Crippen LogP) is 5.28. The molecule has 0 saturated carbocycles. The Morgan fingerprint density at radius 3 is 1.86 bits per heavy atom. The van der Waals surface area contributed by atoms with Gasteiger partial charge in [0.25, 0.3) is 0 Å². The summed E-state index contributed by atoms with van der Waals surface area (Å²) in [6.07, 6.45) is 8.39. The second-order valence-electron chi connectivity index (χ2n) is 5.01. The summed E-state index contributed by atoms with van der Waals surface area (Å²) < 4.78 is 0. The molecule has 0 bridgehead atoms. The fraction of sp³-hybridized carbons (Fsp3) is 1.00. The van der Waals surface area contributed by atoms with Crippen LogP contribution in [-0.2, 0) is 0 Å². The van der Waals surface area contributed by atoms with Crippen LogP contribution in [0.1, 0.15) is 73.1 Å². The van der Waals surface area contributed by atoms with Crippen LogP contribution in [0.3, 0.4) is 0 Å². The molecule has 0 aromatic rings. The van der Waals surface area contributed by atoms with Gasteiger partial charge in [-0.1, -0.05) is 73.1 Å². The monoisotopic (exact) mass is 198 g/mol. The zero-order valence-electron chi connectivity index (χ0n) is 11.0. The Morgan fingerprint density at radius 2 is 1.50 bits per heavy atom. The van der Waals surface area contributed by atoms with Crippen LogP contribution in [0, 0.1) is 17.8 Å². The highest BCUT2D eigenvalue weighted by molar-refractivity contribution is 4.71. The van der Waals surface area contributed by atoms with Crippen LogP contribution in [0.5, 0.6) is 0 Å². The third-order valence-electron chi connectivity index (χ3n) is 3.54. The average Bonchev–Trinajstić information content (AvgIpc) is 2.17. The molecule has 0 heteroatoms. The minimum Gasteiger partial charge on any atom is -0.0654 e. The van der Waals surface area contributed by atoms with Crippen molar-refractivity contribution < 1.29 is 0 Å². The van der Waals surface area contributed by atoms with Gasteiger partial charge < -0.3 is 0 Å². The molecule has 0 saturated heterocycles. The number of unbranched alkanes of at least 4 members (excludes halogenated alkanes) is 1. The van der Waals surface area contributed by atoms with Crippen molar-refractivity contribution in [1.82, 2.24) is 0 Å². The molecule has 0 amide bonds. The van der Waals surface area contributed by atoms with E-state index in [1.54, 1.807) is 0 Å². The fourth-order valence-electron chi connectivity index (χ4n) is 2.63. The van der Waals surface area contributed by atoms with E-state index >= 15 is 0 Å². The van der Waals surface area contributed by atoms with Gasteiger partial charge in [-0.25, -0.2) is 0 Å². The maximum atomic E-state index is 2.40. The average molecular weight is 198 g/mol. The molecule has 14 heavy (non-hydrogen) atoms. The van der Waals surface area contributed by atoms with Gasteiger partial charge in [-0.2, -0.15) is 0 Å². The second kappa shape index (κ2) is 8.32. The molecule has 0 N–H and O–H groups in total. The summed E-state index contributed by atoms with van der Waals surface area (Å²) in [5.74, 6) is 2.82. The SMILES string of the molecule is CCCCC(CC)C(CCC)C(C)C. The van der Waals surface area contributed by atoms with Crippen LogP contribution in [0.15, 0.2) is 0 Å². The van der Waals surface area contributed by atoms with Crippen LogP contribution in [0.4, 0.5) is 0 Å². The van der Waals surface area contributed by atoms with E-state index in [0.29, 0.717) is 0 Å². The van der Waals surface area contributed by atoms with Gasteiger partial charge in [0.1, 0.15) is 0 Å². The Morgan fingerprint density at radius 1 is 0.857 bits per heavy atom. The molecule has 0 aromatic heterocycles. The molecular formula is C14H30. The summed E-state index contributed by atoms with van der Waals surface area (Å²) in [5, 5.41) is 0. The molecule has 0 fully saturated rings. The normalized spacial score (nSPS) is 15.9. The van der Waals surface area contributed by atoms with Gasteiger partial charge in [0.2, 0.25) is 0 Å². The molecule has 0 spiro atoms. The van der Waals surface area contributed by atoms with E-state index in [2.05, 4.69) is 34.6 Å². The van der Waals surface area contributed by atoms with Crippen molar-refractivity contribution in [2.24, 2.45) is 17.8 Å². The number of rotatable bonds is 8. The van der Waals surface area contributed by atoms with Gasteiger partial charge in [-0.15, -0.1) is 0 Å². The fourth-order valence-corrected chi connectivity index (χ4v) is 2.63. The largest absolute Gasteiger partial charge is 0.0654 e. The van der Waals surface area contributed by atoms with Crippen molar-refractivity contribution >= 4 is 0 Å². The first-order valence-electron chi connectivity index (χ1n) is 6.67. The second-order valence-corrected chi connectivity index (χ2v) is 5.01. The molecule has 86 valence electrons. The number of hydrogen-bond acceptors (Lipinski definition) is 0. The zero-order valence-corrected chi connectivity index (χ0v) is 11.0. The van der Waals surface area contributed by atoms with Gasteiger partial charge in [-0.05, 0) is 17.8 Å². The molecule has 0 heterocycles. The molecule has 0 rings (SSSR count). The van der Waals surface area contributed by atoms with Gasteiger partial charge in [0.15, 0.2) is 0 Å². The van der Waals surface area contributed by atoms with E-state index in [1.807, 2.05) is 0 Å². The van der Waals surface area contributed by atoms with E-state index in [1.165, 1.54) is 38.5 Å². The zero-order chi connectivity index (χ0) is 11.0. The lowest BCUT2D eigenvalue weighted by molar-refractivity contribution is 0.213. The van der Waals surface area contributed by atoms with Gasteiger partial charge in [0.05, 0.1) is 0 Å². The van der Waals surface area contributed by atoms with Gasteiger partial charge in [-0.3, -0.25) is 0 Å². The molecule has 2 unspecified atom stereocenters. The van der Waals surface area contributed by atoms with E-state index in [-0.39, 0.29) is 0 Å². The van der Waals surface area contributed by atoms with Crippen molar-refractivity contribution in [1.29, 1.82) is 0 Å². The summed E-state index contributed by atoms with van der Waals surface area (Å²) in [5.41, 5.74) is 0. The molecule has 0 aromatic carbocycles. The van der Waals surface area contributed by atoms with E-state index in [9.17, 15) is 0 Å². The van der Waals surface area contributed by atoms with Crippen molar-refractivity contribution in [3.8, 4) is 0 Å². The minimum absolute atomic E-state index is 0.872. The quantitative estimate of drug-likeness (QED) is 0.498. The molecule has 0 aliphatic rings. The Bertz CT molecular complexity index is 115. The Kier molecular flexibility index (Phi) is 8.32. The van der Waals surface area contributed by atoms with Crippen molar-refractivity contribution in [2.75, 3.05) is 0 Å². The predicted molar refractivity (Wildman–Crippen MR) is 66.5 cm³/mol. The third kappa shape index (κ3) is 5.02. The smallest absolute Gasteiger partial charge is 0.0363 e. The molecule has 0 aliphatic carbocycles. The first-order valence-corrected chi connectivity index (χ1v) is 6.67. The first kappa shape index (κ1) is 14.0. The topological polar surface area (TPSA) is 0 Å². The Hall–Kier alpha value is 0. The van der Waals surface area contributed by atoms with Crippen molar-refractivity contribution in [3.63, 3.8) is 0 Å². The van der Waals surface area contributed by atoms with E-state index in [4.69, 9.17) is 0 Å². The summed E-state index contributed by atoms with van der Waals surface area (Å²) in [6, 6.07) is 0. The lowest BCUT2D eigenvalue weighted by atomic mass is 9.77. The summed E-state index contributed by atoms with van der Waals surface area (Å²) in [7, 11) is 0. The van der Waals surface area contributed by atoms with Crippen LogP contribution < -0.4 is 0 Å². The van der Waals surface area contributed by atoms with Crippen LogP contribution in [0.25, 0.3) is 0 Å². The molecule has 0 aliphatic heterocycles. The molecule has 0 nitrogen and oxygen atoms in total. The number of hydrogen-bond donors (Lipinski definition) is 0. The van der Waals surface area contributed by atoms with E-state index in [0.717, 1.165) is 17.8 Å². The highest BCUT2D eigenvalue weighted by Crippen LogP contribution is 2.31. The van der Waals surface area contributed by atoms with Crippen molar-refractivity contribution in [2.45, 2.75) is 73.1 Å². The molecule has 2 atom stereocenters. The van der Waals surface area contributed by atoms with Crippen molar-refractivity contribution in [3.05, 3.63) is 0 Å².